The zero-order valence-electron chi connectivity index (χ0n) is 41.4. The Balaban J connectivity index is 3.44. The highest BCUT2D eigenvalue weighted by atomic mass is 16.5. The van der Waals surface area contributed by atoms with E-state index in [9.17, 15) is 19.8 Å². The number of ether oxygens (including phenoxy) is 1. The summed E-state index contributed by atoms with van der Waals surface area (Å²) in [5.74, 6) is -0.0800. The second-order valence-corrected chi connectivity index (χ2v) is 18.5. The summed E-state index contributed by atoms with van der Waals surface area (Å²) in [6.45, 7) is 4.86. The molecule has 0 aliphatic heterocycles. The SMILES string of the molecule is CCCCCC/C=C\CCCCCCCC(=O)OCCCCCCCCCCCC/C=C\CCCCCCCCCC(=O)NC(CO)C(O)/C=C/CCCCCCCCCCC. The van der Waals surface area contributed by atoms with Gasteiger partial charge in [0.2, 0.25) is 5.91 Å². The molecule has 0 aromatic carbocycles. The van der Waals surface area contributed by atoms with E-state index in [1.807, 2.05) is 6.08 Å². The van der Waals surface area contributed by atoms with Crippen LogP contribution in [0.15, 0.2) is 36.5 Å². The molecule has 364 valence electrons. The number of amides is 1. The van der Waals surface area contributed by atoms with Crippen LogP contribution >= 0.6 is 0 Å². The van der Waals surface area contributed by atoms with Crippen LogP contribution in [0.25, 0.3) is 0 Å². The van der Waals surface area contributed by atoms with Crippen LogP contribution in [0.1, 0.15) is 284 Å². The van der Waals surface area contributed by atoms with Gasteiger partial charge in [-0.1, -0.05) is 224 Å². The lowest BCUT2D eigenvalue weighted by atomic mass is 10.0. The van der Waals surface area contributed by atoms with Crippen LogP contribution < -0.4 is 5.32 Å². The quantitative estimate of drug-likeness (QED) is 0.0321. The first-order chi connectivity index (χ1) is 30.5. The minimum Gasteiger partial charge on any atom is -0.466 e. The number of rotatable bonds is 50. The molecular formula is C56H105NO5. The lowest BCUT2D eigenvalue weighted by Crippen LogP contribution is -2.45. The highest BCUT2D eigenvalue weighted by Crippen LogP contribution is 2.15. The molecule has 0 bridgehead atoms. The third kappa shape index (κ3) is 47.6. The predicted molar refractivity (Wildman–Crippen MR) is 269 cm³/mol. The van der Waals surface area contributed by atoms with Gasteiger partial charge in [-0.2, -0.15) is 0 Å². The first-order valence-electron chi connectivity index (χ1n) is 27.3. The van der Waals surface area contributed by atoms with Crippen LogP contribution in [0.5, 0.6) is 0 Å². The number of carbonyl (C=O) groups excluding carboxylic acids is 2. The number of esters is 1. The highest BCUT2D eigenvalue weighted by molar-refractivity contribution is 5.76. The number of aliphatic hydroxyl groups is 2. The first kappa shape index (κ1) is 60.1. The van der Waals surface area contributed by atoms with E-state index in [1.165, 1.54) is 205 Å². The zero-order chi connectivity index (χ0) is 45.1. The molecule has 62 heavy (non-hydrogen) atoms. The van der Waals surface area contributed by atoms with Gasteiger partial charge in [-0.15, -0.1) is 0 Å². The van der Waals surface area contributed by atoms with Crippen molar-refractivity contribution in [3.05, 3.63) is 36.5 Å². The molecule has 6 nitrogen and oxygen atoms in total. The largest absolute Gasteiger partial charge is 0.466 e. The number of nitrogens with one attached hydrogen (secondary N) is 1. The first-order valence-corrected chi connectivity index (χ1v) is 27.3. The van der Waals surface area contributed by atoms with E-state index >= 15 is 0 Å². The number of unbranched alkanes of at least 4 members (excludes halogenated alkanes) is 35. The number of hydrogen-bond acceptors (Lipinski definition) is 5. The molecule has 0 aliphatic carbocycles. The van der Waals surface area contributed by atoms with Crippen LogP contribution in [-0.4, -0.2) is 47.4 Å². The van der Waals surface area contributed by atoms with Gasteiger partial charge >= 0.3 is 5.97 Å². The molecular weight excluding hydrogens is 767 g/mol. The molecule has 0 spiro atoms. The fourth-order valence-corrected chi connectivity index (χ4v) is 8.15. The van der Waals surface area contributed by atoms with Crippen molar-refractivity contribution in [3.63, 3.8) is 0 Å². The summed E-state index contributed by atoms with van der Waals surface area (Å²) in [7, 11) is 0. The molecule has 0 aromatic heterocycles. The fraction of sp³-hybridized carbons (Fsp3) is 0.857. The Morgan fingerprint density at radius 1 is 0.435 bits per heavy atom. The number of aliphatic hydroxyl groups excluding tert-OH is 2. The van der Waals surface area contributed by atoms with E-state index < -0.39 is 12.1 Å². The maximum absolute atomic E-state index is 12.4. The van der Waals surface area contributed by atoms with Gasteiger partial charge < -0.3 is 20.3 Å². The lowest BCUT2D eigenvalue weighted by Gasteiger charge is -2.20. The smallest absolute Gasteiger partial charge is 0.305 e. The third-order valence-corrected chi connectivity index (χ3v) is 12.4. The van der Waals surface area contributed by atoms with Crippen molar-refractivity contribution in [2.75, 3.05) is 13.2 Å². The van der Waals surface area contributed by atoms with E-state index in [0.717, 1.165) is 51.4 Å². The van der Waals surface area contributed by atoms with Crippen LogP contribution in [-0.2, 0) is 14.3 Å². The Hall–Kier alpha value is -1.92. The third-order valence-electron chi connectivity index (χ3n) is 12.4. The standard InChI is InChI=1S/C56H105NO5/c1-3-5-7-9-11-13-15-25-30-34-38-42-46-50-56(61)62-51-47-43-39-35-31-27-24-22-20-18-16-17-19-21-23-26-29-33-37-41-45-49-55(60)57-53(52-58)54(59)48-44-40-36-32-28-14-12-10-8-6-4-2/h13,15,17,19,44,48,53-54,58-59H,3-12,14,16,18,20-43,45-47,49-52H2,1-2H3,(H,57,60)/b15-13-,19-17-,48-44+. The topological polar surface area (TPSA) is 95.9 Å². The molecule has 2 atom stereocenters. The Labute approximate surface area is 385 Å². The van der Waals surface area contributed by atoms with Gasteiger partial charge in [0.15, 0.2) is 0 Å². The number of allylic oxidation sites excluding steroid dienone is 5. The number of hydrogen-bond donors (Lipinski definition) is 3. The highest BCUT2D eigenvalue weighted by Gasteiger charge is 2.18. The molecule has 6 heteroatoms. The minimum atomic E-state index is -0.848. The molecule has 1 amide bonds. The Morgan fingerprint density at radius 2 is 0.758 bits per heavy atom. The fourth-order valence-electron chi connectivity index (χ4n) is 8.15. The molecule has 2 unspecified atom stereocenters. The van der Waals surface area contributed by atoms with Crippen molar-refractivity contribution in [1.82, 2.24) is 5.32 Å². The maximum atomic E-state index is 12.4. The van der Waals surface area contributed by atoms with Crippen LogP contribution in [0.4, 0.5) is 0 Å². The van der Waals surface area contributed by atoms with E-state index in [0.29, 0.717) is 19.4 Å². The summed E-state index contributed by atoms with van der Waals surface area (Å²) >= 11 is 0. The molecule has 0 aliphatic rings. The molecule has 0 aromatic rings. The van der Waals surface area contributed by atoms with Crippen molar-refractivity contribution in [3.8, 4) is 0 Å². The molecule has 3 N–H and O–H groups in total. The Kier molecular flexibility index (Phi) is 50.1. The molecule has 0 saturated heterocycles. The van der Waals surface area contributed by atoms with Crippen molar-refractivity contribution >= 4 is 11.9 Å². The van der Waals surface area contributed by atoms with Gasteiger partial charge in [0, 0.05) is 12.8 Å². The second kappa shape index (κ2) is 51.7. The normalized spacial score (nSPS) is 12.9. The van der Waals surface area contributed by atoms with Gasteiger partial charge in [0.25, 0.3) is 0 Å². The van der Waals surface area contributed by atoms with E-state index in [2.05, 4.69) is 43.5 Å². The van der Waals surface area contributed by atoms with Gasteiger partial charge in [0.05, 0.1) is 25.4 Å². The average Bonchev–Trinajstić information content (AvgIpc) is 3.27. The summed E-state index contributed by atoms with van der Waals surface area (Å²) in [6, 6.07) is -0.632. The summed E-state index contributed by atoms with van der Waals surface area (Å²) in [5, 5.41) is 23.0. The molecule has 0 rings (SSSR count). The molecule has 0 saturated carbocycles. The zero-order valence-corrected chi connectivity index (χ0v) is 41.4. The summed E-state index contributed by atoms with van der Waals surface area (Å²) in [5.41, 5.74) is 0. The summed E-state index contributed by atoms with van der Waals surface area (Å²) in [6.07, 6.45) is 63.0. The van der Waals surface area contributed by atoms with Gasteiger partial charge in [-0.05, 0) is 83.5 Å². The van der Waals surface area contributed by atoms with Crippen molar-refractivity contribution < 1.29 is 24.5 Å². The van der Waals surface area contributed by atoms with Crippen molar-refractivity contribution in [2.24, 2.45) is 0 Å². The molecule has 0 fully saturated rings. The van der Waals surface area contributed by atoms with E-state index in [-0.39, 0.29) is 18.5 Å². The van der Waals surface area contributed by atoms with Crippen LogP contribution in [0, 0.1) is 0 Å². The maximum Gasteiger partial charge on any atom is 0.305 e. The van der Waals surface area contributed by atoms with Crippen molar-refractivity contribution in [2.45, 2.75) is 296 Å². The average molecular weight is 872 g/mol. The van der Waals surface area contributed by atoms with Gasteiger partial charge in [-0.3, -0.25) is 9.59 Å². The van der Waals surface area contributed by atoms with Gasteiger partial charge in [-0.25, -0.2) is 0 Å². The lowest BCUT2D eigenvalue weighted by molar-refractivity contribution is -0.143. The summed E-state index contributed by atoms with van der Waals surface area (Å²) < 4.78 is 5.46. The van der Waals surface area contributed by atoms with E-state index in [4.69, 9.17) is 4.74 Å². The summed E-state index contributed by atoms with van der Waals surface area (Å²) in [4.78, 5) is 24.4. The second-order valence-electron chi connectivity index (χ2n) is 18.5. The monoisotopic (exact) mass is 872 g/mol. The van der Waals surface area contributed by atoms with Crippen molar-refractivity contribution in [1.29, 1.82) is 0 Å². The predicted octanol–water partition coefficient (Wildman–Crippen LogP) is 16.5. The van der Waals surface area contributed by atoms with Crippen LogP contribution in [0.3, 0.4) is 0 Å². The Bertz CT molecular complexity index is 1010. The number of carbonyl (C=O) groups is 2. The van der Waals surface area contributed by atoms with Crippen LogP contribution in [0.2, 0.25) is 0 Å². The molecule has 0 radical (unpaired) electrons. The Morgan fingerprint density at radius 3 is 1.16 bits per heavy atom. The minimum absolute atomic E-state index is 0.00232. The van der Waals surface area contributed by atoms with Gasteiger partial charge in [0.1, 0.15) is 0 Å². The van der Waals surface area contributed by atoms with E-state index in [1.54, 1.807) is 6.08 Å². The molecule has 0 heterocycles.